The number of benzene rings is 5. The van der Waals surface area contributed by atoms with Crippen LogP contribution in [0.2, 0.25) is 0 Å². The van der Waals surface area contributed by atoms with Crippen molar-refractivity contribution in [3.63, 3.8) is 0 Å². The van der Waals surface area contributed by atoms with Crippen LogP contribution in [0.1, 0.15) is 59.0 Å². The minimum atomic E-state index is -0.104. The van der Waals surface area contributed by atoms with E-state index in [-0.39, 0.29) is 10.6 Å². The molecule has 1 aliphatic rings. The van der Waals surface area contributed by atoms with E-state index in [0.29, 0.717) is 22.8 Å². The summed E-state index contributed by atoms with van der Waals surface area (Å²) in [5, 5.41) is 22.0. The summed E-state index contributed by atoms with van der Waals surface area (Å²) in [7, 11) is 0. The molecule has 0 saturated carbocycles. The van der Waals surface area contributed by atoms with Gasteiger partial charge in [-0.25, -0.2) is 5.21 Å². The van der Waals surface area contributed by atoms with Crippen LogP contribution >= 0.6 is 11.3 Å². The van der Waals surface area contributed by atoms with Gasteiger partial charge in [0.1, 0.15) is 23.3 Å². The molecule has 0 fully saturated rings. The molecule has 7 rings (SSSR count). The van der Waals surface area contributed by atoms with Crippen molar-refractivity contribution in [2.75, 3.05) is 29.4 Å². The van der Waals surface area contributed by atoms with Gasteiger partial charge >= 0.3 is 5.69 Å². The van der Waals surface area contributed by atoms with Gasteiger partial charge in [0.2, 0.25) is 11.4 Å². The van der Waals surface area contributed by atoms with Gasteiger partial charge in [-0.3, -0.25) is 0 Å². The first kappa shape index (κ1) is 41.3. The summed E-state index contributed by atoms with van der Waals surface area (Å²) in [6.07, 6.45) is 8.77. The quantitative estimate of drug-likeness (QED) is 0.0984. The van der Waals surface area contributed by atoms with Crippen LogP contribution in [0.4, 0.5) is 33.4 Å². The van der Waals surface area contributed by atoms with Crippen molar-refractivity contribution >= 4 is 56.1 Å². The van der Waals surface area contributed by atoms with E-state index in [1.807, 2.05) is 48.2 Å². The zero-order valence-corrected chi connectivity index (χ0v) is 36.2. The van der Waals surface area contributed by atoms with Crippen LogP contribution in [0.15, 0.2) is 145 Å². The minimum Gasteiger partial charge on any atom is -0.341 e. The predicted octanol–water partition coefficient (Wildman–Crippen LogP) is 13.4. The fraction of sp³-hybridized carbons (Fsp3) is 0.192. The Morgan fingerprint density at radius 3 is 1.85 bits per heavy atom. The molecule has 0 aliphatic heterocycles. The number of aryl methyl sites for hydroxylation is 4. The largest absolute Gasteiger partial charge is 0.341 e. The second kappa shape index (κ2) is 18.0. The molecule has 7 nitrogen and oxygen atoms in total. The lowest BCUT2D eigenvalue weighted by atomic mass is 9.90. The molecule has 1 heterocycles. The lowest BCUT2D eigenvalue weighted by Gasteiger charge is -2.27. The van der Waals surface area contributed by atoms with Crippen LogP contribution in [0.5, 0.6) is 0 Å². The fourth-order valence-electron chi connectivity index (χ4n) is 8.49. The molecule has 0 unspecified atom stereocenters. The van der Waals surface area contributed by atoms with E-state index in [1.165, 1.54) is 45.0 Å². The Morgan fingerprint density at radius 2 is 1.28 bits per heavy atom. The average Bonchev–Trinajstić information content (AvgIpc) is 3.63. The third-order valence-electron chi connectivity index (χ3n) is 11.2. The lowest BCUT2D eigenvalue weighted by molar-refractivity contribution is -0.729. The third-order valence-corrected chi connectivity index (χ3v) is 12.4. The van der Waals surface area contributed by atoms with Crippen LogP contribution in [-0.2, 0) is 0 Å². The molecule has 1 aliphatic carbocycles. The van der Waals surface area contributed by atoms with Crippen molar-refractivity contribution in [1.82, 2.24) is 0 Å². The summed E-state index contributed by atoms with van der Waals surface area (Å²) < 4.78 is 2.36. The number of hydrogen-bond acceptors (Lipinski definition) is 5. The molecule has 5 aromatic carbocycles. The Bertz CT molecular complexity index is 2690. The molecule has 8 heteroatoms. The number of thiophene rings is 1. The average molecular weight is 810 g/mol. The van der Waals surface area contributed by atoms with E-state index in [1.54, 1.807) is 18.2 Å². The number of hydrogen-bond donors (Lipinski definition) is 1. The van der Waals surface area contributed by atoms with Crippen molar-refractivity contribution in [2.45, 2.75) is 48.5 Å². The summed E-state index contributed by atoms with van der Waals surface area (Å²) in [4.78, 5) is 17.6. The molecule has 0 amide bonds. The highest BCUT2D eigenvalue weighted by Gasteiger charge is 2.31. The van der Waals surface area contributed by atoms with Crippen LogP contribution < -0.4 is 9.80 Å². The van der Waals surface area contributed by atoms with Gasteiger partial charge < -0.3 is 9.80 Å². The standard InChI is InChI=1S/C52H51N5O2S/c1-8-54(49-35(4)18-16-19-36(49)5)42-30-26-40(27-31-42)47(41-28-32-43(33-29-41)55(9-2)50-37(6)20-17-21-38(50)7)51-48(39-22-12-11-13-23-39)44(34-53)52(60-51)56(10-3)45-24-14-15-25-46(45)57(58)59/h11-33H,8-10H2,1-7H3,(H,58,59)/q+2. The summed E-state index contributed by atoms with van der Waals surface area (Å²) in [6.45, 7) is 17.0. The molecule has 0 radical (unpaired) electrons. The second-order valence-electron chi connectivity index (χ2n) is 14.9. The normalized spacial score (nSPS) is 12.0. The van der Waals surface area contributed by atoms with Gasteiger partial charge in [0.05, 0.1) is 10.5 Å². The summed E-state index contributed by atoms with van der Waals surface area (Å²) in [6, 6.07) is 41.2. The number of anilines is 4. The molecule has 0 bridgehead atoms. The number of allylic oxidation sites excluding steroid dienone is 5. The van der Waals surface area contributed by atoms with Gasteiger partial charge in [-0.1, -0.05) is 91.0 Å². The zero-order valence-electron chi connectivity index (χ0n) is 35.4. The smallest absolute Gasteiger partial charge is 0.339 e. The number of rotatable bonds is 12. The van der Waals surface area contributed by atoms with E-state index in [0.717, 1.165) is 57.2 Å². The molecule has 0 atom stereocenters. The van der Waals surface area contributed by atoms with Gasteiger partial charge in [-0.2, -0.15) is 9.84 Å². The molecule has 1 N–H and O–H groups in total. The Balaban J connectivity index is 1.50. The van der Waals surface area contributed by atoms with E-state index in [2.05, 4.69) is 142 Å². The molecule has 0 spiro atoms. The highest BCUT2D eigenvalue weighted by atomic mass is 32.1. The summed E-state index contributed by atoms with van der Waals surface area (Å²) >= 11 is 1.53. The van der Waals surface area contributed by atoms with Crippen LogP contribution in [-0.4, -0.2) is 40.1 Å². The van der Waals surface area contributed by atoms with Gasteiger partial charge in [-0.05, 0) is 107 Å². The Hall–Kier alpha value is -6.82. The SMILES string of the molecule is CCN(c1ccccc1[N+](=O)O)c1sc(C(=C2C=CC(=[N+](CC)c3c(C)cccc3C)C=C2)c2ccc(N(CC)c3c(C)cccc3C)cc2)c(-c2ccccc2)c1C#N. The maximum atomic E-state index is 12.5. The molecule has 0 saturated heterocycles. The Kier molecular flexibility index (Phi) is 12.4. The maximum Gasteiger partial charge on any atom is 0.339 e. The zero-order chi connectivity index (χ0) is 42.5. The monoisotopic (exact) mass is 809 g/mol. The summed E-state index contributed by atoms with van der Waals surface area (Å²) in [5.41, 5.74) is 15.3. The van der Waals surface area contributed by atoms with E-state index < -0.39 is 0 Å². The van der Waals surface area contributed by atoms with E-state index >= 15 is 0 Å². The van der Waals surface area contributed by atoms with Crippen LogP contribution in [0.3, 0.4) is 0 Å². The molecule has 300 valence electrons. The molecule has 1 aromatic heterocycles. The topological polar surface area (TPSA) is 73.6 Å². The van der Waals surface area contributed by atoms with Gasteiger partial charge in [0.15, 0.2) is 0 Å². The van der Waals surface area contributed by atoms with Crippen molar-refractivity contribution in [3.05, 3.63) is 188 Å². The van der Waals surface area contributed by atoms with Gasteiger partial charge in [0, 0.05) is 69.8 Å². The van der Waals surface area contributed by atoms with Crippen molar-refractivity contribution in [1.29, 1.82) is 5.26 Å². The molecular formula is C52H51N5O2S+2. The maximum absolute atomic E-state index is 12.5. The molecular weight excluding hydrogens is 759 g/mol. The van der Waals surface area contributed by atoms with Crippen molar-refractivity contribution in [2.24, 2.45) is 0 Å². The number of nitriles is 1. The second-order valence-corrected chi connectivity index (χ2v) is 15.9. The molecule has 6 aromatic rings. The highest BCUT2D eigenvalue weighted by Crippen LogP contribution is 2.50. The first-order chi connectivity index (χ1) is 29.1. The predicted molar refractivity (Wildman–Crippen MR) is 249 cm³/mol. The van der Waals surface area contributed by atoms with Crippen molar-refractivity contribution in [3.8, 4) is 17.2 Å². The Labute approximate surface area is 358 Å². The van der Waals surface area contributed by atoms with Crippen LogP contribution in [0.25, 0.3) is 16.7 Å². The summed E-state index contributed by atoms with van der Waals surface area (Å²) in [5.74, 6) is 0. The number of nitrogens with zero attached hydrogens (tertiary/aromatic N) is 5. The number of para-hydroxylation sites is 4. The van der Waals surface area contributed by atoms with Gasteiger partial charge in [0.25, 0.3) is 4.92 Å². The molecule has 60 heavy (non-hydrogen) atoms. The lowest BCUT2D eigenvalue weighted by Crippen LogP contribution is -2.18. The van der Waals surface area contributed by atoms with Crippen LogP contribution in [0, 0.1) is 43.9 Å². The highest BCUT2D eigenvalue weighted by molar-refractivity contribution is 7.18. The van der Waals surface area contributed by atoms with Crippen molar-refractivity contribution < 1.29 is 14.7 Å². The van der Waals surface area contributed by atoms with E-state index in [4.69, 9.17) is 0 Å². The fourth-order valence-corrected chi connectivity index (χ4v) is 9.93. The minimum absolute atomic E-state index is 0.101. The first-order valence-electron chi connectivity index (χ1n) is 20.5. The van der Waals surface area contributed by atoms with E-state index in [9.17, 15) is 15.4 Å². The van der Waals surface area contributed by atoms with Gasteiger partial charge in [-0.15, -0.1) is 11.3 Å². The first-order valence-corrected chi connectivity index (χ1v) is 21.3. The Morgan fingerprint density at radius 1 is 0.700 bits per heavy atom. The third kappa shape index (κ3) is 7.84.